The summed E-state index contributed by atoms with van der Waals surface area (Å²) < 4.78 is 0. The molecule has 0 aliphatic heterocycles. The van der Waals surface area contributed by atoms with Gasteiger partial charge in [0.25, 0.3) is 0 Å². The summed E-state index contributed by atoms with van der Waals surface area (Å²) in [4.78, 5) is 0. The Kier molecular flexibility index (Phi) is 3.60. The minimum absolute atomic E-state index is 0.498. The summed E-state index contributed by atoms with van der Waals surface area (Å²) >= 11 is 6.31. The normalized spacial score (nSPS) is 37.1. The van der Waals surface area contributed by atoms with Crippen LogP contribution in [0, 0.1) is 22.7 Å². The summed E-state index contributed by atoms with van der Waals surface area (Å²) in [6, 6.07) is 0. The van der Waals surface area contributed by atoms with Gasteiger partial charge in [-0.1, -0.05) is 27.2 Å². The molecule has 2 aliphatic carbocycles. The molecule has 0 unspecified atom stereocenters. The fraction of sp³-hybridized carbons (Fsp3) is 1.00. The van der Waals surface area contributed by atoms with E-state index in [4.69, 9.17) is 11.6 Å². The second-order valence-corrected chi connectivity index (χ2v) is 7.53. The minimum Gasteiger partial charge on any atom is -0.126 e. The zero-order valence-corrected chi connectivity index (χ0v) is 11.9. The van der Waals surface area contributed by atoms with Gasteiger partial charge in [0.1, 0.15) is 0 Å². The van der Waals surface area contributed by atoms with Gasteiger partial charge in [-0.15, -0.1) is 11.6 Å². The molecule has 0 atom stereocenters. The van der Waals surface area contributed by atoms with Crippen molar-refractivity contribution >= 4 is 11.6 Å². The highest BCUT2D eigenvalue weighted by atomic mass is 35.5. The highest BCUT2D eigenvalue weighted by Crippen LogP contribution is 2.54. The Hall–Kier alpha value is 0.290. The van der Waals surface area contributed by atoms with Crippen molar-refractivity contribution in [2.75, 3.05) is 5.88 Å². The third-order valence-electron chi connectivity index (χ3n) is 5.44. The van der Waals surface area contributed by atoms with Gasteiger partial charge in [-0.25, -0.2) is 0 Å². The summed E-state index contributed by atoms with van der Waals surface area (Å²) in [6.45, 7) is 7.19. The van der Waals surface area contributed by atoms with Crippen LogP contribution < -0.4 is 0 Å². The molecule has 0 N–H and O–H groups in total. The Labute approximate surface area is 106 Å². The van der Waals surface area contributed by atoms with Crippen molar-refractivity contribution in [2.45, 2.75) is 65.7 Å². The molecule has 0 heterocycles. The van der Waals surface area contributed by atoms with Gasteiger partial charge in [-0.05, 0) is 61.2 Å². The van der Waals surface area contributed by atoms with Crippen LogP contribution in [0.1, 0.15) is 65.7 Å². The Morgan fingerprint density at radius 2 is 1.62 bits per heavy atom. The van der Waals surface area contributed by atoms with Gasteiger partial charge in [-0.2, -0.15) is 0 Å². The molecular weight excluding hydrogens is 216 g/mol. The molecule has 0 spiro atoms. The second-order valence-electron chi connectivity index (χ2n) is 7.26. The first-order chi connectivity index (χ1) is 7.48. The molecule has 0 amide bonds. The van der Waals surface area contributed by atoms with Crippen LogP contribution in [-0.4, -0.2) is 5.88 Å². The zero-order valence-electron chi connectivity index (χ0n) is 11.2. The molecule has 16 heavy (non-hydrogen) atoms. The minimum atomic E-state index is 0.498. The summed E-state index contributed by atoms with van der Waals surface area (Å²) in [5.41, 5.74) is 1.03. The molecule has 2 rings (SSSR count). The van der Waals surface area contributed by atoms with E-state index in [-0.39, 0.29) is 0 Å². The summed E-state index contributed by atoms with van der Waals surface area (Å²) in [7, 11) is 0. The van der Waals surface area contributed by atoms with Gasteiger partial charge in [0.15, 0.2) is 0 Å². The zero-order chi connectivity index (χ0) is 11.8. The summed E-state index contributed by atoms with van der Waals surface area (Å²) in [5.74, 6) is 2.80. The lowest BCUT2D eigenvalue weighted by Crippen LogP contribution is -2.41. The van der Waals surface area contributed by atoms with E-state index >= 15 is 0 Å². The van der Waals surface area contributed by atoms with E-state index in [1.165, 1.54) is 44.9 Å². The van der Waals surface area contributed by atoms with E-state index < -0.39 is 0 Å². The monoisotopic (exact) mass is 242 g/mol. The Bertz CT molecular complexity index is 226. The molecule has 0 aromatic rings. The maximum Gasteiger partial charge on any atom is 0.0282 e. The van der Waals surface area contributed by atoms with Gasteiger partial charge in [0, 0.05) is 5.88 Å². The summed E-state index contributed by atoms with van der Waals surface area (Å²) in [5, 5.41) is 0. The van der Waals surface area contributed by atoms with E-state index in [9.17, 15) is 0 Å². The average Bonchev–Trinajstić information content (AvgIpc) is 2.14. The standard InChI is InChI=1S/C15H27Cl/c1-14(2,3)12-7-9-15(11-16,10-8-12)13-5-4-6-13/h12-13H,4-11H2,1-3H3. The highest BCUT2D eigenvalue weighted by Gasteiger charge is 2.44. The molecule has 0 aromatic carbocycles. The third kappa shape index (κ3) is 2.28. The van der Waals surface area contributed by atoms with Crippen molar-refractivity contribution in [3.8, 4) is 0 Å². The molecule has 0 radical (unpaired) electrons. The van der Waals surface area contributed by atoms with E-state index in [1.807, 2.05) is 0 Å². The molecule has 0 saturated heterocycles. The number of rotatable bonds is 2. The van der Waals surface area contributed by atoms with Crippen molar-refractivity contribution in [1.29, 1.82) is 0 Å². The molecule has 2 fully saturated rings. The predicted octanol–water partition coefficient (Wildman–Crippen LogP) is 5.25. The first kappa shape index (κ1) is 12.7. The van der Waals surface area contributed by atoms with Crippen LogP contribution in [0.15, 0.2) is 0 Å². The van der Waals surface area contributed by atoms with Crippen LogP contribution in [0.5, 0.6) is 0 Å². The number of halogens is 1. The van der Waals surface area contributed by atoms with Crippen molar-refractivity contribution in [3.63, 3.8) is 0 Å². The van der Waals surface area contributed by atoms with Crippen molar-refractivity contribution < 1.29 is 0 Å². The van der Waals surface area contributed by atoms with Crippen molar-refractivity contribution in [2.24, 2.45) is 22.7 Å². The SMILES string of the molecule is CC(C)(C)C1CCC(CCl)(C2CCC2)CC1. The van der Waals surface area contributed by atoms with Crippen molar-refractivity contribution in [3.05, 3.63) is 0 Å². The van der Waals surface area contributed by atoms with E-state index in [0.29, 0.717) is 10.8 Å². The lowest BCUT2D eigenvalue weighted by Gasteiger charge is -2.50. The lowest BCUT2D eigenvalue weighted by molar-refractivity contribution is 0.0217. The first-order valence-corrected chi connectivity index (χ1v) is 7.57. The van der Waals surface area contributed by atoms with Crippen LogP contribution in [0.3, 0.4) is 0 Å². The number of hydrogen-bond donors (Lipinski definition) is 0. The first-order valence-electron chi connectivity index (χ1n) is 7.04. The second kappa shape index (κ2) is 4.52. The molecule has 0 bridgehead atoms. The Morgan fingerprint density at radius 3 is 1.94 bits per heavy atom. The molecule has 94 valence electrons. The quantitative estimate of drug-likeness (QED) is 0.581. The fourth-order valence-corrected chi connectivity index (χ4v) is 4.22. The van der Waals surface area contributed by atoms with E-state index in [1.54, 1.807) is 0 Å². The summed E-state index contributed by atoms with van der Waals surface area (Å²) in [6.07, 6.45) is 9.96. The largest absolute Gasteiger partial charge is 0.126 e. The molecular formula is C15H27Cl. The number of hydrogen-bond acceptors (Lipinski definition) is 0. The average molecular weight is 243 g/mol. The topological polar surface area (TPSA) is 0 Å². The van der Waals surface area contributed by atoms with E-state index in [0.717, 1.165) is 17.7 Å². The van der Waals surface area contributed by atoms with Crippen LogP contribution in [0.2, 0.25) is 0 Å². The van der Waals surface area contributed by atoms with Gasteiger partial charge in [0.2, 0.25) is 0 Å². The van der Waals surface area contributed by atoms with Gasteiger partial charge in [-0.3, -0.25) is 0 Å². The smallest absolute Gasteiger partial charge is 0.0282 e. The van der Waals surface area contributed by atoms with E-state index in [2.05, 4.69) is 20.8 Å². The van der Waals surface area contributed by atoms with Crippen molar-refractivity contribution in [1.82, 2.24) is 0 Å². The molecule has 2 saturated carbocycles. The maximum atomic E-state index is 6.31. The van der Waals surface area contributed by atoms with Crippen LogP contribution in [0.4, 0.5) is 0 Å². The highest BCUT2D eigenvalue weighted by molar-refractivity contribution is 6.18. The fourth-order valence-electron chi connectivity index (χ4n) is 3.73. The molecule has 2 aliphatic rings. The van der Waals surface area contributed by atoms with Gasteiger partial charge in [0.05, 0.1) is 0 Å². The lowest BCUT2D eigenvalue weighted by atomic mass is 9.56. The van der Waals surface area contributed by atoms with Crippen LogP contribution in [-0.2, 0) is 0 Å². The third-order valence-corrected chi connectivity index (χ3v) is 5.98. The van der Waals surface area contributed by atoms with Crippen LogP contribution >= 0.6 is 11.6 Å². The van der Waals surface area contributed by atoms with Gasteiger partial charge < -0.3 is 0 Å². The predicted molar refractivity (Wildman–Crippen MR) is 71.9 cm³/mol. The van der Waals surface area contributed by atoms with Gasteiger partial charge >= 0.3 is 0 Å². The maximum absolute atomic E-state index is 6.31. The molecule has 1 heteroatoms. The molecule has 0 aromatic heterocycles. The molecule has 0 nitrogen and oxygen atoms in total. The number of alkyl halides is 1. The Balaban J connectivity index is 1.96. The Morgan fingerprint density at radius 1 is 1.06 bits per heavy atom. The van der Waals surface area contributed by atoms with Crippen LogP contribution in [0.25, 0.3) is 0 Å².